The van der Waals surface area contributed by atoms with Gasteiger partial charge in [-0.25, -0.2) is 8.42 Å². The van der Waals surface area contributed by atoms with Crippen molar-refractivity contribution in [2.45, 2.75) is 37.5 Å². The van der Waals surface area contributed by atoms with E-state index in [-0.39, 0.29) is 28.7 Å². The van der Waals surface area contributed by atoms with Crippen LogP contribution in [-0.4, -0.2) is 68.8 Å². The van der Waals surface area contributed by atoms with E-state index < -0.39 is 10.0 Å². The van der Waals surface area contributed by atoms with Crippen LogP contribution in [0.15, 0.2) is 29.2 Å². The van der Waals surface area contributed by atoms with E-state index >= 15 is 0 Å². The summed E-state index contributed by atoms with van der Waals surface area (Å²) >= 11 is 0. The molecule has 2 aliphatic heterocycles. The van der Waals surface area contributed by atoms with Crippen molar-refractivity contribution in [1.82, 2.24) is 14.5 Å². The third-order valence-corrected chi connectivity index (χ3v) is 8.19. The van der Waals surface area contributed by atoms with Gasteiger partial charge >= 0.3 is 0 Å². The van der Waals surface area contributed by atoms with Gasteiger partial charge in [0.05, 0.1) is 13.2 Å². The van der Waals surface area contributed by atoms with Gasteiger partial charge in [0.1, 0.15) is 10.6 Å². The number of ether oxygens (including phenoxy) is 1. The number of hydrogen-bond acceptors (Lipinski definition) is 5. The second kappa shape index (κ2) is 8.19. The fourth-order valence-corrected chi connectivity index (χ4v) is 6.01. The molecule has 1 spiro atoms. The first-order valence-electron chi connectivity index (χ1n) is 10.5. The number of benzene rings is 1. The molecule has 1 aromatic carbocycles. The number of nitrogens with one attached hydrogen (secondary N) is 1. The molecule has 1 saturated carbocycles. The molecular formula is C21H29N3O5S. The zero-order chi connectivity index (χ0) is 21.4. The van der Waals surface area contributed by atoms with Gasteiger partial charge < -0.3 is 15.0 Å². The van der Waals surface area contributed by atoms with E-state index in [9.17, 15) is 18.0 Å². The zero-order valence-electron chi connectivity index (χ0n) is 17.3. The molecule has 1 N–H and O–H groups in total. The lowest BCUT2D eigenvalue weighted by atomic mass is 9.78. The Hall–Kier alpha value is -2.13. The summed E-state index contributed by atoms with van der Waals surface area (Å²) in [6, 6.07) is 6.85. The summed E-state index contributed by atoms with van der Waals surface area (Å²) in [5.41, 5.74) is -0.333. The number of carbonyl (C=O) groups is 2. The van der Waals surface area contributed by atoms with Crippen molar-refractivity contribution in [2.75, 3.05) is 39.3 Å². The average Bonchev–Trinajstić information content (AvgIpc) is 3.54. The summed E-state index contributed by atoms with van der Waals surface area (Å²) in [6.45, 7) is 3.82. The average molecular weight is 436 g/mol. The van der Waals surface area contributed by atoms with Crippen molar-refractivity contribution in [3.05, 3.63) is 24.3 Å². The number of nitrogens with zero attached hydrogens (tertiary/aromatic N) is 2. The highest BCUT2D eigenvalue weighted by atomic mass is 32.2. The maximum absolute atomic E-state index is 13.4. The molecule has 9 heteroatoms. The number of hydrogen-bond donors (Lipinski definition) is 1. The van der Waals surface area contributed by atoms with Gasteiger partial charge in [-0.2, -0.15) is 4.31 Å². The molecule has 0 bridgehead atoms. The third-order valence-electron chi connectivity index (χ3n) is 6.34. The molecule has 2 heterocycles. The molecular weight excluding hydrogens is 406 g/mol. The quantitative estimate of drug-likeness (QED) is 0.767. The molecule has 8 nitrogen and oxygen atoms in total. The van der Waals surface area contributed by atoms with Gasteiger partial charge in [-0.15, -0.1) is 0 Å². The lowest BCUT2D eigenvalue weighted by Crippen LogP contribution is -2.53. The summed E-state index contributed by atoms with van der Waals surface area (Å²) < 4.78 is 34.5. The Balaban J connectivity index is 1.53. The van der Waals surface area contributed by atoms with Gasteiger partial charge in [-0.05, 0) is 43.7 Å². The minimum atomic E-state index is -3.64. The number of carbonyl (C=O) groups excluding carboxylic acids is 2. The van der Waals surface area contributed by atoms with Crippen LogP contribution < -0.4 is 10.1 Å². The molecule has 2 amide bonds. The maximum Gasteiger partial charge on any atom is 0.246 e. The van der Waals surface area contributed by atoms with Crippen LogP contribution in [0.1, 0.15) is 32.6 Å². The van der Waals surface area contributed by atoms with Gasteiger partial charge in [-0.1, -0.05) is 12.1 Å². The fourth-order valence-electron chi connectivity index (χ4n) is 4.25. The molecule has 0 atom stereocenters. The second-order valence-corrected chi connectivity index (χ2v) is 10.7. The Morgan fingerprint density at radius 1 is 1.20 bits per heavy atom. The van der Waals surface area contributed by atoms with Crippen LogP contribution in [0.2, 0.25) is 0 Å². The number of rotatable bonds is 4. The van der Waals surface area contributed by atoms with E-state index in [0.717, 1.165) is 12.8 Å². The molecule has 30 heavy (non-hydrogen) atoms. The first-order valence-corrected chi connectivity index (χ1v) is 12.0. The Bertz CT molecular complexity index is 920. The van der Waals surface area contributed by atoms with E-state index in [0.29, 0.717) is 57.3 Å². The first-order chi connectivity index (χ1) is 14.3. The second-order valence-electron chi connectivity index (χ2n) is 8.77. The summed E-state index contributed by atoms with van der Waals surface area (Å²) in [6.07, 6.45) is 3.47. The predicted molar refractivity (Wildman–Crippen MR) is 110 cm³/mol. The topological polar surface area (TPSA) is 96.0 Å². The molecule has 0 unspecified atom stereocenters. The third kappa shape index (κ3) is 4.46. The number of piperidine rings is 1. The highest BCUT2D eigenvalue weighted by molar-refractivity contribution is 7.89. The van der Waals surface area contributed by atoms with Crippen LogP contribution in [0.5, 0.6) is 5.75 Å². The molecule has 1 aromatic rings. The van der Waals surface area contributed by atoms with Crippen LogP contribution in [0.25, 0.3) is 0 Å². The number of para-hydroxylation sites is 1. The molecule has 0 aromatic heterocycles. The number of sulfonamides is 1. The lowest BCUT2D eigenvalue weighted by Gasteiger charge is -2.45. The monoisotopic (exact) mass is 435 g/mol. The molecule has 1 saturated heterocycles. The normalized spacial score (nSPS) is 23.0. The summed E-state index contributed by atoms with van der Waals surface area (Å²) in [7, 11) is -3.64. The van der Waals surface area contributed by atoms with Gasteiger partial charge in [0.15, 0.2) is 0 Å². The smallest absolute Gasteiger partial charge is 0.246 e. The molecule has 0 radical (unpaired) electrons. The molecule has 164 valence electrons. The fraction of sp³-hybridized carbons (Fsp3) is 0.619. The first kappa shape index (κ1) is 21.1. The predicted octanol–water partition coefficient (Wildman–Crippen LogP) is 1.22. The Morgan fingerprint density at radius 2 is 1.90 bits per heavy atom. The van der Waals surface area contributed by atoms with Crippen molar-refractivity contribution in [1.29, 1.82) is 0 Å². The standard InChI is InChI=1S/C21H29N3O5S/c1-16(25)22-12-20(26)23-10-8-21(9-11-23)14-24(13-17-6-7-17)30(27,28)19-5-3-2-4-18(19)29-15-21/h2-5,17H,6-15H2,1H3,(H,22,25). The highest BCUT2D eigenvalue weighted by Gasteiger charge is 2.44. The van der Waals surface area contributed by atoms with Crippen LogP contribution in [-0.2, 0) is 19.6 Å². The number of likely N-dealkylation sites (tertiary alicyclic amines) is 1. The molecule has 4 rings (SSSR count). The lowest BCUT2D eigenvalue weighted by molar-refractivity contribution is -0.135. The van der Waals surface area contributed by atoms with Crippen molar-refractivity contribution in [3.8, 4) is 5.75 Å². The van der Waals surface area contributed by atoms with E-state index in [1.807, 2.05) is 0 Å². The van der Waals surface area contributed by atoms with E-state index in [1.165, 1.54) is 6.92 Å². The van der Waals surface area contributed by atoms with Crippen LogP contribution in [0, 0.1) is 11.3 Å². The minimum Gasteiger partial charge on any atom is -0.492 e. The van der Waals surface area contributed by atoms with Crippen molar-refractivity contribution in [2.24, 2.45) is 11.3 Å². The number of fused-ring (bicyclic) bond motifs is 1. The Labute approximate surface area is 177 Å². The van der Waals surface area contributed by atoms with Crippen LogP contribution in [0.3, 0.4) is 0 Å². The van der Waals surface area contributed by atoms with Crippen LogP contribution in [0.4, 0.5) is 0 Å². The van der Waals surface area contributed by atoms with Crippen molar-refractivity contribution in [3.63, 3.8) is 0 Å². The van der Waals surface area contributed by atoms with Crippen molar-refractivity contribution >= 4 is 21.8 Å². The summed E-state index contributed by atoms with van der Waals surface area (Å²) in [4.78, 5) is 25.4. The van der Waals surface area contributed by atoms with Crippen molar-refractivity contribution < 1.29 is 22.7 Å². The van der Waals surface area contributed by atoms with Gasteiger partial charge in [0.25, 0.3) is 0 Å². The summed E-state index contributed by atoms with van der Waals surface area (Å²) in [5.74, 6) is 0.495. The van der Waals surface area contributed by atoms with Gasteiger partial charge in [-0.3, -0.25) is 9.59 Å². The van der Waals surface area contributed by atoms with Crippen LogP contribution >= 0.6 is 0 Å². The SMILES string of the molecule is CC(=O)NCC(=O)N1CCC2(CC1)COc1ccccc1S(=O)(=O)N(CC1CC1)C2. The largest absolute Gasteiger partial charge is 0.492 e. The zero-order valence-corrected chi connectivity index (χ0v) is 18.1. The minimum absolute atomic E-state index is 0.00556. The Kier molecular flexibility index (Phi) is 5.76. The van der Waals surface area contributed by atoms with E-state index in [1.54, 1.807) is 33.5 Å². The van der Waals surface area contributed by atoms with Gasteiger partial charge in [0.2, 0.25) is 21.8 Å². The highest BCUT2D eigenvalue weighted by Crippen LogP contribution is 2.41. The van der Waals surface area contributed by atoms with E-state index in [2.05, 4.69) is 5.32 Å². The molecule has 3 aliphatic rings. The number of amides is 2. The Morgan fingerprint density at radius 3 is 2.57 bits per heavy atom. The van der Waals surface area contributed by atoms with Gasteiger partial charge in [0, 0.05) is 38.5 Å². The molecule has 1 aliphatic carbocycles. The maximum atomic E-state index is 13.4. The molecule has 2 fully saturated rings. The summed E-state index contributed by atoms with van der Waals surface area (Å²) in [5, 5.41) is 2.55. The van der Waals surface area contributed by atoms with E-state index in [4.69, 9.17) is 4.74 Å².